The molecule has 0 aliphatic heterocycles. The molecule has 0 spiro atoms. The Morgan fingerprint density at radius 1 is 1.27 bits per heavy atom. The number of hydrogen-bond acceptors (Lipinski definition) is 2. The molecule has 78 valence electrons. The Hall–Kier alpha value is -1.55. The molecule has 2 N–H and O–H groups in total. The number of rotatable bonds is 1. The van der Waals surface area contributed by atoms with Gasteiger partial charge < -0.3 is 5.73 Å². The number of aromatic nitrogens is 1. The van der Waals surface area contributed by atoms with Gasteiger partial charge in [0.15, 0.2) is 0 Å². The van der Waals surface area contributed by atoms with Crippen molar-refractivity contribution < 1.29 is 8.78 Å². The Morgan fingerprint density at radius 2 is 2.00 bits per heavy atom. The van der Waals surface area contributed by atoms with Crippen LogP contribution in [0.1, 0.15) is 18.7 Å². The second-order valence-corrected chi connectivity index (χ2v) is 3.47. The molecule has 1 aromatic carbocycles. The molecule has 0 saturated carbocycles. The van der Waals surface area contributed by atoms with Crippen molar-refractivity contribution in [3.8, 4) is 0 Å². The van der Waals surface area contributed by atoms with Crippen molar-refractivity contribution in [2.24, 2.45) is 5.73 Å². The average molecular weight is 208 g/mol. The van der Waals surface area contributed by atoms with Gasteiger partial charge in [-0.3, -0.25) is 4.98 Å². The average Bonchev–Trinajstić information content (AvgIpc) is 2.16. The smallest absolute Gasteiger partial charge is 0.134 e. The Labute approximate surface area is 85.7 Å². The molecule has 0 saturated heterocycles. The molecule has 1 aromatic heterocycles. The Morgan fingerprint density at radius 3 is 2.67 bits per heavy atom. The van der Waals surface area contributed by atoms with Gasteiger partial charge in [0.2, 0.25) is 0 Å². The number of halogens is 2. The summed E-state index contributed by atoms with van der Waals surface area (Å²) in [5, 5.41) is 0.781. The molecule has 2 rings (SSSR count). The number of benzene rings is 1. The molecule has 0 bridgehead atoms. The first-order valence-corrected chi connectivity index (χ1v) is 4.59. The SMILES string of the molecule is CC(N)c1nccc2c(F)cc(F)cc12. The third-order valence-corrected chi connectivity index (χ3v) is 2.26. The van der Waals surface area contributed by atoms with Gasteiger partial charge in [0, 0.05) is 29.1 Å². The zero-order chi connectivity index (χ0) is 11.0. The highest BCUT2D eigenvalue weighted by atomic mass is 19.1. The third kappa shape index (κ3) is 1.68. The molecular formula is C11H10F2N2. The molecule has 4 heteroatoms. The summed E-state index contributed by atoms with van der Waals surface area (Å²) < 4.78 is 26.4. The summed E-state index contributed by atoms with van der Waals surface area (Å²) in [6.07, 6.45) is 1.47. The number of pyridine rings is 1. The first-order chi connectivity index (χ1) is 7.09. The predicted molar refractivity (Wildman–Crippen MR) is 54.3 cm³/mol. The van der Waals surface area contributed by atoms with Crippen LogP contribution in [0.5, 0.6) is 0 Å². The number of nitrogens with two attached hydrogens (primary N) is 1. The molecule has 0 amide bonds. The molecule has 0 radical (unpaired) electrons. The minimum atomic E-state index is -0.616. The van der Waals surface area contributed by atoms with Crippen molar-refractivity contribution in [3.05, 3.63) is 41.7 Å². The van der Waals surface area contributed by atoms with E-state index in [4.69, 9.17) is 5.73 Å². The Bertz CT molecular complexity index is 509. The highest BCUT2D eigenvalue weighted by Gasteiger charge is 2.10. The maximum atomic E-state index is 13.4. The van der Waals surface area contributed by atoms with E-state index in [2.05, 4.69) is 4.98 Å². The van der Waals surface area contributed by atoms with Crippen molar-refractivity contribution in [1.82, 2.24) is 4.98 Å². The van der Waals surface area contributed by atoms with E-state index in [-0.39, 0.29) is 6.04 Å². The van der Waals surface area contributed by atoms with Gasteiger partial charge in [0.25, 0.3) is 0 Å². The van der Waals surface area contributed by atoms with E-state index in [9.17, 15) is 8.78 Å². The summed E-state index contributed by atoms with van der Waals surface area (Å²) in [6, 6.07) is 3.27. The minimum absolute atomic E-state index is 0.346. The molecule has 0 aliphatic carbocycles. The van der Waals surface area contributed by atoms with Crippen LogP contribution < -0.4 is 5.73 Å². The molecule has 1 unspecified atom stereocenters. The fourth-order valence-corrected chi connectivity index (χ4v) is 1.59. The van der Waals surface area contributed by atoms with Gasteiger partial charge in [-0.05, 0) is 19.1 Å². The van der Waals surface area contributed by atoms with Crippen molar-refractivity contribution in [2.75, 3.05) is 0 Å². The van der Waals surface area contributed by atoms with Gasteiger partial charge in [0.05, 0.1) is 5.69 Å². The first kappa shape index (κ1) is 9.98. The zero-order valence-electron chi connectivity index (χ0n) is 8.17. The van der Waals surface area contributed by atoms with Gasteiger partial charge in [-0.1, -0.05) is 0 Å². The summed E-state index contributed by atoms with van der Waals surface area (Å²) in [7, 11) is 0. The number of fused-ring (bicyclic) bond motifs is 1. The number of hydrogen-bond donors (Lipinski definition) is 1. The standard InChI is InChI=1S/C11H10F2N2/c1-6(14)11-9-4-7(12)5-10(13)8(9)2-3-15-11/h2-6H,14H2,1H3. The van der Waals surface area contributed by atoms with Crippen LogP contribution in [0, 0.1) is 11.6 Å². The second kappa shape index (κ2) is 3.55. The summed E-state index contributed by atoms with van der Waals surface area (Å²) in [5.74, 6) is -1.20. The fourth-order valence-electron chi connectivity index (χ4n) is 1.59. The lowest BCUT2D eigenvalue weighted by molar-refractivity contribution is 0.591. The molecule has 1 atom stereocenters. The van der Waals surface area contributed by atoms with E-state index in [1.165, 1.54) is 18.3 Å². The van der Waals surface area contributed by atoms with Gasteiger partial charge >= 0.3 is 0 Å². The lowest BCUT2D eigenvalue weighted by Gasteiger charge is -2.09. The molecule has 0 aliphatic rings. The highest BCUT2D eigenvalue weighted by molar-refractivity contribution is 5.85. The van der Waals surface area contributed by atoms with Crippen LogP contribution in [-0.2, 0) is 0 Å². The molecule has 2 nitrogen and oxygen atoms in total. The topological polar surface area (TPSA) is 38.9 Å². The highest BCUT2D eigenvalue weighted by Crippen LogP contribution is 2.24. The van der Waals surface area contributed by atoms with E-state index < -0.39 is 11.6 Å². The van der Waals surface area contributed by atoms with Crippen molar-refractivity contribution in [2.45, 2.75) is 13.0 Å². The van der Waals surface area contributed by atoms with E-state index in [1.807, 2.05) is 0 Å². The van der Waals surface area contributed by atoms with Crippen molar-refractivity contribution in [1.29, 1.82) is 0 Å². The largest absolute Gasteiger partial charge is 0.323 e. The number of nitrogens with zero attached hydrogens (tertiary/aromatic N) is 1. The van der Waals surface area contributed by atoms with Crippen LogP contribution >= 0.6 is 0 Å². The quantitative estimate of drug-likeness (QED) is 0.782. The molecule has 15 heavy (non-hydrogen) atoms. The summed E-state index contributed by atoms with van der Waals surface area (Å²) in [6.45, 7) is 1.73. The van der Waals surface area contributed by atoms with Crippen LogP contribution in [0.3, 0.4) is 0 Å². The first-order valence-electron chi connectivity index (χ1n) is 4.59. The monoisotopic (exact) mass is 208 g/mol. The maximum absolute atomic E-state index is 13.4. The summed E-state index contributed by atoms with van der Waals surface area (Å²) in [5.41, 5.74) is 6.18. The fraction of sp³-hybridized carbons (Fsp3) is 0.182. The Balaban J connectivity index is 2.85. The summed E-state index contributed by atoms with van der Waals surface area (Å²) in [4.78, 5) is 4.03. The van der Waals surface area contributed by atoms with Gasteiger partial charge in [-0.2, -0.15) is 0 Å². The van der Waals surface area contributed by atoms with Crippen molar-refractivity contribution >= 4 is 10.8 Å². The third-order valence-electron chi connectivity index (χ3n) is 2.26. The van der Waals surface area contributed by atoms with Crippen LogP contribution in [0.25, 0.3) is 10.8 Å². The molecule has 1 heterocycles. The zero-order valence-corrected chi connectivity index (χ0v) is 8.17. The summed E-state index contributed by atoms with van der Waals surface area (Å²) >= 11 is 0. The molecule has 0 fully saturated rings. The van der Waals surface area contributed by atoms with Crippen LogP contribution in [-0.4, -0.2) is 4.98 Å². The minimum Gasteiger partial charge on any atom is -0.323 e. The van der Waals surface area contributed by atoms with Gasteiger partial charge in [-0.15, -0.1) is 0 Å². The van der Waals surface area contributed by atoms with Crippen molar-refractivity contribution in [3.63, 3.8) is 0 Å². The van der Waals surface area contributed by atoms with E-state index in [1.54, 1.807) is 6.92 Å². The van der Waals surface area contributed by atoms with Gasteiger partial charge in [0.1, 0.15) is 11.6 Å². The Kier molecular flexibility index (Phi) is 2.36. The van der Waals surface area contributed by atoms with E-state index in [0.717, 1.165) is 6.07 Å². The molecule has 2 aromatic rings. The maximum Gasteiger partial charge on any atom is 0.134 e. The lowest BCUT2D eigenvalue weighted by Crippen LogP contribution is -2.08. The van der Waals surface area contributed by atoms with Crippen LogP contribution in [0.15, 0.2) is 24.4 Å². The second-order valence-electron chi connectivity index (χ2n) is 3.47. The van der Waals surface area contributed by atoms with E-state index in [0.29, 0.717) is 16.5 Å². The predicted octanol–water partition coefficient (Wildman–Crippen LogP) is 2.53. The van der Waals surface area contributed by atoms with E-state index >= 15 is 0 Å². The van der Waals surface area contributed by atoms with Crippen LogP contribution in [0.2, 0.25) is 0 Å². The normalized spacial score (nSPS) is 13.1. The molecular weight excluding hydrogens is 198 g/mol. The lowest BCUT2D eigenvalue weighted by atomic mass is 10.1. The van der Waals surface area contributed by atoms with Gasteiger partial charge in [-0.25, -0.2) is 8.78 Å². The van der Waals surface area contributed by atoms with Crippen LogP contribution in [0.4, 0.5) is 8.78 Å².